The molecule has 5 rings (SSSR count). The third kappa shape index (κ3) is 3.45. The molecule has 1 fully saturated rings. The van der Waals surface area contributed by atoms with Crippen molar-refractivity contribution in [3.05, 3.63) is 60.1 Å². The molecule has 33 heavy (non-hydrogen) atoms. The second-order valence-electron chi connectivity index (χ2n) is 8.69. The topological polar surface area (TPSA) is 125 Å². The predicted molar refractivity (Wildman–Crippen MR) is 126 cm³/mol. The van der Waals surface area contributed by atoms with Crippen molar-refractivity contribution >= 4 is 33.9 Å². The van der Waals surface area contributed by atoms with Crippen LogP contribution in [0.15, 0.2) is 43.1 Å². The second kappa shape index (κ2) is 7.54. The Bertz CT molecular complexity index is 1410. The van der Waals surface area contributed by atoms with Crippen molar-refractivity contribution in [3.8, 4) is 11.1 Å². The van der Waals surface area contributed by atoms with Gasteiger partial charge in [0.25, 0.3) is 0 Å². The van der Waals surface area contributed by atoms with Crippen LogP contribution in [0.3, 0.4) is 0 Å². The number of hydrogen-bond acceptors (Lipinski definition) is 6. The van der Waals surface area contributed by atoms with Gasteiger partial charge in [0.15, 0.2) is 5.82 Å². The minimum atomic E-state index is -0.553. The molecule has 3 heterocycles. The van der Waals surface area contributed by atoms with Crippen molar-refractivity contribution in [2.45, 2.75) is 19.8 Å². The Morgan fingerprint density at radius 3 is 2.67 bits per heavy atom. The molecular weight excluding hydrogens is 421 g/mol. The molecule has 0 spiro atoms. The molecule has 0 unspecified atom stereocenters. The van der Waals surface area contributed by atoms with Gasteiger partial charge >= 0.3 is 0 Å². The van der Waals surface area contributed by atoms with E-state index in [2.05, 4.69) is 20.4 Å². The van der Waals surface area contributed by atoms with E-state index in [1.54, 1.807) is 36.1 Å². The molecule has 1 aliphatic rings. The van der Waals surface area contributed by atoms with E-state index in [-0.39, 0.29) is 29.3 Å². The lowest BCUT2D eigenvalue weighted by Gasteiger charge is -2.13. The first-order chi connectivity index (χ1) is 15.8. The number of anilines is 3. The molecule has 1 aromatic carbocycles. The van der Waals surface area contributed by atoms with E-state index in [1.165, 1.54) is 12.4 Å². The Hall–Kier alpha value is -4.01. The van der Waals surface area contributed by atoms with Crippen molar-refractivity contribution in [1.29, 1.82) is 0 Å². The van der Waals surface area contributed by atoms with Crippen molar-refractivity contribution in [2.75, 3.05) is 16.8 Å². The molecule has 0 saturated heterocycles. The number of nitrogens with one attached hydrogen (secondary N) is 1. The number of nitrogen functional groups attached to an aromatic ring is 2. The lowest BCUT2D eigenvalue weighted by atomic mass is 9.97. The summed E-state index contributed by atoms with van der Waals surface area (Å²) in [7, 11) is 1.86. The van der Waals surface area contributed by atoms with Crippen LogP contribution < -0.4 is 16.8 Å². The van der Waals surface area contributed by atoms with Gasteiger partial charge in [0, 0.05) is 54.0 Å². The molecule has 0 radical (unpaired) electrons. The largest absolute Gasteiger partial charge is 0.397 e. The Labute approximate surface area is 189 Å². The van der Waals surface area contributed by atoms with Gasteiger partial charge in [-0.1, -0.05) is 6.92 Å². The number of aromatic nitrogens is 4. The molecule has 168 valence electrons. The van der Waals surface area contributed by atoms with Crippen LogP contribution in [0.1, 0.15) is 24.0 Å². The zero-order valence-corrected chi connectivity index (χ0v) is 18.5. The fourth-order valence-electron chi connectivity index (χ4n) is 4.57. The van der Waals surface area contributed by atoms with Gasteiger partial charge in [0.2, 0.25) is 5.91 Å². The fraction of sp³-hybridized carbons (Fsp3) is 0.250. The highest BCUT2D eigenvalue weighted by Crippen LogP contribution is 2.54. The molecular formula is C24H24FN7O. The normalized spacial score (nSPS) is 19.6. The minimum absolute atomic E-state index is 0.0119. The number of carbonyl (C=O) groups excluding carboxylic acids is 1. The third-order valence-corrected chi connectivity index (χ3v) is 6.59. The van der Waals surface area contributed by atoms with Crippen LogP contribution in [0.4, 0.5) is 21.6 Å². The molecule has 0 bridgehead atoms. The number of carbonyl (C=O) groups is 1. The van der Waals surface area contributed by atoms with Gasteiger partial charge in [0.05, 0.1) is 23.8 Å². The fourth-order valence-corrected chi connectivity index (χ4v) is 4.57. The molecule has 0 aliphatic heterocycles. The van der Waals surface area contributed by atoms with Crippen molar-refractivity contribution in [2.24, 2.45) is 18.9 Å². The summed E-state index contributed by atoms with van der Waals surface area (Å²) < 4.78 is 16.8. The zero-order valence-electron chi connectivity index (χ0n) is 18.5. The van der Waals surface area contributed by atoms with Gasteiger partial charge in [0.1, 0.15) is 5.82 Å². The zero-order chi connectivity index (χ0) is 23.4. The molecule has 3 aromatic heterocycles. The molecule has 5 N–H and O–H groups in total. The van der Waals surface area contributed by atoms with Crippen molar-refractivity contribution < 1.29 is 9.18 Å². The smallest absolute Gasteiger partial charge is 0.229 e. The third-order valence-electron chi connectivity index (χ3n) is 6.59. The lowest BCUT2D eigenvalue weighted by Crippen LogP contribution is -2.16. The Kier molecular flexibility index (Phi) is 4.77. The number of nitrogens with zero attached hydrogens (tertiary/aromatic N) is 4. The van der Waals surface area contributed by atoms with E-state index in [0.29, 0.717) is 33.4 Å². The maximum atomic E-state index is 15.1. The van der Waals surface area contributed by atoms with E-state index < -0.39 is 5.82 Å². The Balaban J connectivity index is 1.46. The SMILES string of the molecule is Cc1c(N)cncc1-c1cc2cc(NC(=O)[C@H]3[C@@H](C)[C@@H]3c3cnn(C)c3)ncc2c(N)c1F. The number of halogens is 1. The standard InChI is InChI=1S/C24H24FN7O/c1-11-16(7-28-9-18(11)26)15-4-13-5-19(29-8-17(13)23(27)22(15)25)31-24(33)21-12(2)20(21)14-6-30-32(3)10-14/h4-10,12,20-21H,26-27H2,1-3H3,(H,29,31,33)/t12-,20+,21-/m0/s1. The van der Waals surface area contributed by atoms with Gasteiger partial charge in [-0.15, -0.1) is 0 Å². The Morgan fingerprint density at radius 2 is 1.94 bits per heavy atom. The van der Waals surface area contributed by atoms with E-state index in [9.17, 15) is 4.79 Å². The van der Waals surface area contributed by atoms with Crippen LogP contribution in [0.25, 0.3) is 21.9 Å². The molecule has 1 amide bonds. The number of benzene rings is 1. The minimum Gasteiger partial charge on any atom is -0.397 e. The number of fused-ring (bicyclic) bond motifs is 1. The van der Waals surface area contributed by atoms with Crippen LogP contribution in [0, 0.1) is 24.6 Å². The van der Waals surface area contributed by atoms with Crippen LogP contribution in [-0.2, 0) is 11.8 Å². The maximum absolute atomic E-state index is 15.1. The van der Waals surface area contributed by atoms with E-state index in [4.69, 9.17) is 11.5 Å². The van der Waals surface area contributed by atoms with E-state index in [0.717, 1.165) is 11.1 Å². The number of hydrogen-bond donors (Lipinski definition) is 3. The molecule has 4 aromatic rings. The first-order valence-corrected chi connectivity index (χ1v) is 10.6. The lowest BCUT2D eigenvalue weighted by molar-refractivity contribution is -0.117. The summed E-state index contributed by atoms with van der Waals surface area (Å²) in [5, 5.41) is 8.23. The summed E-state index contributed by atoms with van der Waals surface area (Å²) in [6, 6.07) is 3.38. The maximum Gasteiger partial charge on any atom is 0.229 e. The van der Waals surface area contributed by atoms with Gasteiger partial charge < -0.3 is 16.8 Å². The van der Waals surface area contributed by atoms with Crippen LogP contribution >= 0.6 is 0 Å². The number of aryl methyl sites for hydroxylation is 1. The highest BCUT2D eigenvalue weighted by molar-refractivity contribution is 6.01. The van der Waals surface area contributed by atoms with Crippen LogP contribution in [-0.4, -0.2) is 25.7 Å². The summed E-state index contributed by atoms with van der Waals surface area (Å²) in [4.78, 5) is 21.3. The molecule has 9 heteroatoms. The van der Waals surface area contributed by atoms with Gasteiger partial charge in [-0.2, -0.15) is 5.10 Å². The molecule has 1 aliphatic carbocycles. The van der Waals surface area contributed by atoms with E-state index in [1.807, 2.05) is 20.2 Å². The van der Waals surface area contributed by atoms with Crippen molar-refractivity contribution in [3.63, 3.8) is 0 Å². The first kappa shape index (κ1) is 20.9. The summed E-state index contributed by atoms with van der Waals surface area (Å²) in [5.74, 6) is -0.0749. The molecule has 8 nitrogen and oxygen atoms in total. The van der Waals surface area contributed by atoms with Crippen LogP contribution in [0.5, 0.6) is 0 Å². The van der Waals surface area contributed by atoms with Gasteiger partial charge in [-0.05, 0) is 41.5 Å². The quantitative estimate of drug-likeness (QED) is 0.412. The molecule has 1 saturated carbocycles. The predicted octanol–water partition coefficient (Wildman–Crippen LogP) is 3.63. The summed E-state index contributed by atoms with van der Waals surface area (Å²) in [6.45, 7) is 3.85. The first-order valence-electron chi connectivity index (χ1n) is 10.6. The highest BCUT2D eigenvalue weighted by atomic mass is 19.1. The average Bonchev–Trinajstić information content (AvgIpc) is 3.27. The highest BCUT2D eigenvalue weighted by Gasteiger charge is 2.52. The summed E-state index contributed by atoms with van der Waals surface area (Å²) >= 11 is 0. The Morgan fingerprint density at radius 1 is 1.15 bits per heavy atom. The van der Waals surface area contributed by atoms with Crippen molar-refractivity contribution in [1.82, 2.24) is 19.7 Å². The van der Waals surface area contributed by atoms with Gasteiger partial charge in [-0.25, -0.2) is 9.37 Å². The number of pyridine rings is 2. The monoisotopic (exact) mass is 445 g/mol. The van der Waals surface area contributed by atoms with Gasteiger partial charge in [-0.3, -0.25) is 14.5 Å². The average molecular weight is 446 g/mol. The molecule has 3 atom stereocenters. The summed E-state index contributed by atoms with van der Waals surface area (Å²) in [5.41, 5.74) is 15.1. The van der Waals surface area contributed by atoms with E-state index >= 15 is 4.39 Å². The number of nitrogens with two attached hydrogens (primary N) is 2. The number of rotatable bonds is 4. The summed E-state index contributed by atoms with van der Waals surface area (Å²) in [6.07, 6.45) is 8.30. The second-order valence-corrected chi connectivity index (χ2v) is 8.69. The number of amides is 1. The van der Waals surface area contributed by atoms with Crippen LogP contribution in [0.2, 0.25) is 0 Å².